The number of phenolic OH excluding ortho intramolecular Hbond substituents is 1. The lowest BCUT2D eigenvalue weighted by Crippen LogP contribution is -2.10. The molecule has 0 amide bonds. The molecule has 0 aliphatic heterocycles. The average molecular weight is 402 g/mol. The molecule has 0 atom stereocenters. The first-order valence-electron chi connectivity index (χ1n) is 9.97. The summed E-state index contributed by atoms with van der Waals surface area (Å²) in [4.78, 5) is 13.0. The highest BCUT2D eigenvalue weighted by molar-refractivity contribution is 5.88. The third kappa shape index (κ3) is 3.73. The van der Waals surface area contributed by atoms with E-state index >= 15 is 0 Å². The van der Waals surface area contributed by atoms with Crippen LogP contribution in [0.1, 0.15) is 42.0 Å². The van der Waals surface area contributed by atoms with E-state index in [1.807, 2.05) is 0 Å². The van der Waals surface area contributed by atoms with Crippen molar-refractivity contribution in [2.45, 2.75) is 33.1 Å². The molecule has 0 aliphatic rings. The molecular formula is C26H23FO3. The van der Waals surface area contributed by atoms with Gasteiger partial charge in [0.25, 0.3) is 0 Å². The van der Waals surface area contributed by atoms with Gasteiger partial charge in [0.15, 0.2) is 0 Å². The Morgan fingerprint density at radius 2 is 1.73 bits per heavy atom. The summed E-state index contributed by atoms with van der Waals surface area (Å²) < 4.78 is 19.2. The van der Waals surface area contributed by atoms with Crippen LogP contribution >= 0.6 is 0 Å². The van der Waals surface area contributed by atoms with Gasteiger partial charge in [-0.05, 0) is 71.3 Å². The molecule has 0 fully saturated rings. The van der Waals surface area contributed by atoms with Gasteiger partial charge < -0.3 is 9.52 Å². The number of hydrogen-bond acceptors (Lipinski definition) is 3. The molecule has 0 spiro atoms. The minimum atomic E-state index is -0.503. The van der Waals surface area contributed by atoms with Gasteiger partial charge in [-0.2, -0.15) is 0 Å². The van der Waals surface area contributed by atoms with Crippen LogP contribution in [0.25, 0.3) is 22.1 Å². The molecule has 1 N–H and O–H groups in total. The van der Waals surface area contributed by atoms with Crippen LogP contribution in [-0.4, -0.2) is 5.11 Å². The van der Waals surface area contributed by atoms with Crippen molar-refractivity contribution in [3.63, 3.8) is 0 Å². The first-order valence-corrected chi connectivity index (χ1v) is 9.97. The molecule has 3 nitrogen and oxygen atoms in total. The molecular weight excluding hydrogens is 379 g/mol. The summed E-state index contributed by atoms with van der Waals surface area (Å²) >= 11 is 0. The number of phenols is 1. The fourth-order valence-corrected chi connectivity index (χ4v) is 3.84. The maximum atomic E-state index is 13.7. The number of fused-ring (bicyclic) bond motifs is 1. The highest BCUT2D eigenvalue weighted by Crippen LogP contribution is 2.33. The van der Waals surface area contributed by atoms with Crippen molar-refractivity contribution >= 4 is 11.0 Å². The number of benzene rings is 3. The Hall–Kier alpha value is -3.40. The van der Waals surface area contributed by atoms with Crippen LogP contribution in [0.4, 0.5) is 4.39 Å². The largest absolute Gasteiger partial charge is 0.508 e. The van der Waals surface area contributed by atoms with Crippen molar-refractivity contribution in [1.82, 2.24) is 0 Å². The van der Waals surface area contributed by atoms with Crippen molar-refractivity contribution in [3.8, 4) is 16.9 Å². The minimum Gasteiger partial charge on any atom is -0.508 e. The minimum absolute atomic E-state index is 0.0311. The summed E-state index contributed by atoms with van der Waals surface area (Å²) in [6.45, 7) is 6.07. The van der Waals surface area contributed by atoms with Gasteiger partial charge in [-0.3, -0.25) is 0 Å². The first-order chi connectivity index (χ1) is 14.3. The van der Waals surface area contributed by atoms with Crippen LogP contribution in [-0.2, 0) is 6.42 Å². The van der Waals surface area contributed by atoms with E-state index in [0.717, 1.165) is 16.5 Å². The van der Waals surface area contributed by atoms with Gasteiger partial charge in [0.1, 0.15) is 17.1 Å². The average Bonchev–Trinajstić information content (AvgIpc) is 2.69. The Balaban J connectivity index is 1.95. The quantitative estimate of drug-likeness (QED) is 0.406. The summed E-state index contributed by atoms with van der Waals surface area (Å²) in [6, 6.07) is 17.5. The molecule has 0 bridgehead atoms. The maximum Gasteiger partial charge on any atom is 0.344 e. The van der Waals surface area contributed by atoms with Crippen molar-refractivity contribution in [2.24, 2.45) is 0 Å². The normalized spacial score (nSPS) is 11.4. The van der Waals surface area contributed by atoms with Gasteiger partial charge in [-0.1, -0.05) is 44.2 Å². The smallest absolute Gasteiger partial charge is 0.344 e. The molecule has 0 saturated heterocycles. The van der Waals surface area contributed by atoms with Gasteiger partial charge in [0, 0.05) is 11.5 Å². The van der Waals surface area contributed by atoms with Gasteiger partial charge >= 0.3 is 5.63 Å². The molecule has 1 aromatic heterocycles. The van der Waals surface area contributed by atoms with E-state index in [2.05, 4.69) is 38.1 Å². The van der Waals surface area contributed by atoms with Crippen LogP contribution in [0, 0.1) is 12.7 Å². The summed E-state index contributed by atoms with van der Waals surface area (Å²) in [5, 5.41) is 10.6. The number of halogens is 1. The predicted molar refractivity (Wildman–Crippen MR) is 118 cm³/mol. The van der Waals surface area contributed by atoms with Crippen LogP contribution in [0.2, 0.25) is 0 Å². The van der Waals surface area contributed by atoms with Gasteiger partial charge in [0.2, 0.25) is 0 Å². The highest BCUT2D eigenvalue weighted by Gasteiger charge is 2.19. The van der Waals surface area contributed by atoms with E-state index in [9.17, 15) is 14.3 Å². The highest BCUT2D eigenvalue weighted by atomic mass is 19.1. The second kappa shape index (κ2) is 7.79. The third-order valence-electron chi connectivity index (χ3n) is 5.48. The van der Waals surface area contributed by atoms with E-state index in [1.54, 1.807) is 25.1 Å². The molecule has 0 unspecified atom stereocenters. The summed E-state index contributed by atoms with van der Waals surface area (Å²) in [5.41, 5.74) is 4.67. The van der Waals surface area contributed by atoms with Crippen LogP contribution < -0.4 is 5.63 Å². The SMILES string of the molecule is Cc1cc(F)ccc1-c1c(Cc2ccc(C(C)C)cc2)c2ccc(O)cc2oc1=O. The predicted octanol–water partition coefficient (Wildman–Crippen LogP) is 6.33. The molecule has 4 heteroatoms. The Morgan fingerprint density at radius 3 is 2.40 bits per heavy atom. The first kappa shape index (κ1) is 19.9. The Kier molecular flexibility index (Phi) is 5.17. The Morgan fingerprint density at radius 1 is 1.00 bits per heavy atom. The molecule has 0 saturated carbocycles. The summed E-state index contributed by atoms with van der Waals surface area (Å²) in [6.07, 6.45) is 0.511. The van der Waals surface area contributed by atoms with Crippen molar-refractivity contribution in [2.75, 3.05) is 0 Å². The second-order valence-electron chi connectivity index (χ2n) is 7.96. The van der Waals surface area contributed by atoms with Crippen molar-refractivity contribution in [3.05, 3.63) is 99.2 Å². The van der Waals surface area contributed by atoms with Crippen LogP contribution in [0.3, 0.4) is 0 Å². The standard InChI is InChI=1S/C26H23FO3/c1-15(2)18-6-4-17(5-7-18)13-23-22-11-9-20(28)14-24(22)30-26(29)25(23)21-10-8-19(27)12-16(21)3/h4-12,14-15,28H,13H2,1-3H3. The third-order valence-corrected chi connectivity index (χ3v) is 5.48. The fourth-order valence-electron chi connectivity index (χ4n) is 3.84. The zero-order valence-electron chi connectivity index (χ0n) is 17.2. The molecule has 0 aliphatic carbocycles. The lowest BCUT2D eigenvalue weighted by Gasteiger charge is -2.14. The van der Waals surface area contributed by atoms with Crippen molar-refractivity contribution < 1.29 is 13.9 Å². The Bertz CT molecular complexity index is 1280. The maximum absolute atomic E-state index is 13.7. The Labute approximate surface area is 174 Å². The molecule has 0 radical (unpaired) electrons. The zero-order chi connectivity index (χ0) is 21.4. The summed E-state index contributed by atoms with van der Waals surface area (Å²) in [5.74, 6) is 0.116. The molecule has 152 valence electrons. The topological polar surface area (TPSA) is 50.4 Å². The molecule has 3 aromatic carbocycles. The van der Waals surface area contributed by atoms with Crippen molar-refractivity contribution in [1.29, 1.82) is 0 Å². The number of aromatic hydroxyl groups is 1. The summed E-state index contributed by atoms with van der Waals surface area (Å²) in [7, 11) is 0. The lowest BCUT2D eigenvalue weighted by molar-refractivity contribution is 0.473. The zero-order valence-corrected chi connectivity index (χ0v) is 17.2. The van der Waals surface area contributed by atoms with E-state index in [4.69, 9.17) is 4.42 Å². The van der Waals surface area contributed by atoms with Gasteiger partial charge in [0.05, 0.1) is 5.56 Å². The lowest BCUT2D eigenvalue weighted by atomic mass is 9.91. The fraction of sp³-hybridized carbons (Fsp3) is 0.192. The second-order valence-corrected chi connectivity index (χ2v) is 7.96. The van der Waals surface area contributed by atoms with E-state index < -0.39 is 5.63 Å². The monoisotopic (exact) mass is 402 g/mol. The van der Waals surface area contributed by atoms with Gasteiger partial charge in [-0.15, -0.1) is 0 Å². The number of hydrogen-bond donors (Lipinski definition) is 1. The van der Waals surface area contributed by atoms with E-state index in [-0.39, 0.29) is 11.6 Å². The van der Waals surface area contributed by atoms with E-state index in [1.165, 1.54) is 23.8 Å². The number of rotatable bonds is 4. The number of aryl methyl sites for hydroxylation is 1. The molecule has 4 rings (SSSR count). The molecule has 1 heterocycles. The van der Waals surface area contributed by atoms with Gasteiger partial charge in [-0.25, -0.2) is 9.18 Å². The molecule has 4 aromatic rings. The van der Waals surface area contributed by atoms with Crippen LogP contribution in [0.5, 0.6) is 5.75 Å². The van der Waals surface area contributed by atoms with E-state index in [0.29, 0.717) is 34.6 Å². The van der Waals surface area contributed by atoms with Crippen LogP contribution in [0.15, 0.2) is 69.9 Å². The molecule has 30 heavy (non-hydrogen) atoms.